The molecule has 1 amide bonds. The average molecular weight is 372 g/mol. The number of carbonyl (C=O) groups is 1. The molecule has 1 aromatic carbocycles. The Morgan fingerprint density at radius 3 is 2.56 bits per heavy atom. The molecule has 1 aliphatic heterocycles. The lowest BCUT2D eigenvalue weighted by atomic mass is 10.0. The van der Waals surface area contributed by atoms with Gasteiger partial charge in [0.05, 0.1) is 11.1 Å². The summed E-state index contributed by atoms with van der Waals surface area (Å²) < 4.78 is 40.1. The number of hydrogen-bond donors (Lipinski definition) is 1. The van der Waals surface area contributed by atoms with Gasteiger partial charge in [-0.15, -0.1) is 11.8 Å². The van der Waals surface area contributed by atoms with Gasteiger partial charge in [-0.25, -0.2) is 0 Å². The summed E-state index contributed by atoms with van der Waals surface area (Å²) in [6.07, 6.45) is 2.30. The molecule has 1 aliphatic carbocycles. The summed E-state index contributed by atoms with van der Waals surface area (Å²) >= 11 is 1.17. The van der Waals surface area contributed by atoms with E-state index in [2.05, 4.69) is 10.2 Å². The number of thioether (sulfide) groups is 1. The molecule has 0 aromatic heterocycles. The molecule has 7 heteroatoms. The standard InChI is InChI=1S/C18H23F3N2OS/c1-25-15-9-4-6-12(18(19,20)21)16(15)17(24)22-13-7-5-8-14(13)23-10-2-3-11-23/h4,6,9,13-14H,2-3,5,7-8,10-11H2,1H3,(H,22,24)/t13-,14+/m1/s1. The highest BCUT2D eigenvalue weighted by molar-refractivity contribution is 7.98. The second-order valence-corrected chi connectivity index (χ2v) is 7.55. The normalized spacial score (nSPS) is 24.6. The van der Waals surface area contributed by atoms with Gasteiger partial charge in [-0.1, -0.05) is 6.07 Å². The molecule has 2 fully saturated rings. The zero-order valence-corrected chi connectivity index (χ0v) is 15.1. The zero-order chi connectivity index (χ0) is 18.0. The van der Waals surface area contributed by atoms with E-state index in [-0.39, 0.29) is 17.6 Å². The Morgan fingerprint density at radius 2 is 1.92 bits per heavy atom. The lowest BCUT2D eigenvalue weighted by Gasteiger charge is -2.30. The summed E-state index contributed by atoms with van der Waals surface area (Å²) in [6.45, 7) is 2.04. The van der Waals surface area contributed by atoms with Gasteiger partial charge in [0.25, 0.3) is 5.91 Å². The van der Waals surface area contributed by atoms with E-state index in [1.807, 2.05) is 0 Å². The molecule has 3 nitrogen and oxygen atoms in total. The van der Waals surface area contributed by atoms with Gasteiger partial charge in [0, 0.05) is 17.0 Å². The van der Waals surface area contributed by atoms with Crippen LogP contribution < -0.4 is 5.32 Å². The number of likely N-dealkylation sites (tertiary alicyclic amines) is 1. The molecule has 0 bridgehead atoms. The third kappa shape index (κ3) is 3.97. The second kappa shape index (κ2) is 7.58. The molecular weight excluding hydrogens is 349 g/mol. The van der Waals surface area contributed by atoms with Gasteiger partial charge in [0.2, 0.25) is 0 Å². The van der Waals surface area contributed by atoms with Crippen LogP contribution in [-0.2, 0) is 6.18 Å². The number of amides is 1. The van der Waals surface area contributed by atoms with Gasteiger partial charge in [-0.05, 0) is 63.6 Å². The highest BCUT2D eigenvalue weighted by atomic mass is 32.2. The van der Waals surface area contributed by atoms with Gasteiger partial charge in [0.1, 0.15) is 0 Å². The Kier molecular flexibility index (Phi) is 5.63. The highest BCUT2D eigenvalue weighted by Crippen LogP contribution is 2.36. The quantitative estimate of drug-likeness (QED) is 0.805. The highest BCUT2D eigenvalue weighted by Gasteiger charge is 2.39. The summed E-state index contributed by atoms with van der Waals surface area (Å²) in [5.41, 5.74) is -1.10. The summed E-state index contributed by atoms with van der Waals surface area (Å²) in [5.74, 6) is -0.603. The van der Waals surface area contributed by atoms with Crippen molar-refractivity contribution in [3.8, 4) is 0 Å². The van der Waals surface area contributed by atoms with Crippen molar-refractivity contribution in [3.05, 3.63) is 29.3 Å². The lowest BCUT2D eigenvalue weighted by Crippen LogP contribution is -2.48. The van der Waals surface area contributed by atoms with E-state index < -0.39 is 17.6 Å². The molecule has 0 spiro atoms. The molecule has 1 aromatic rings. The van der Waals surface area contributed by atoms with Crippen LogP contribution in [0.1, 0.15) is 48.0 Å². The summed E-state index contributed by atoms with van der Waals surface area (Å²) in [5, 5.41) is 2.92. The smallest absolute Gasteiger partial charge is 0.348 e. The van der Waals surface area contributed by atoms with Crippen molar-refractivity contribution >= 4 is 17.7 Å². The van der Waals surface area contributed by atoms with Gasteiger partial charge in [-0.2, -0.15) is 13.2 Å². The fraction of sp³-hybridized carbons (Fsp3) is 0.611. The van der Waals surface area contributed by atoms with Crippen LogP contribution in [0.15, 0.2) is 23.1 Å². The summed E-state index contributed by atoms with van der Waals surface area (Å²) in [4.78, 5) is 15.5. The van der Waals surface area contributed by atoms with Crippen molar-refractivity contribution in [1.29, 1.82) is 0 Å². The Balaban J connectivity index is 1.83. The van der Waals surface area contributed by atoms with E-state index in [1.54, 1.807) is 12.3 Å². The number of benzene rings is 1. The third-order valence-corrected chi connectivity index (χ3v) is 5.96. The maximum Gasteiger partial charge on any atom is 0.417 e. The molecule has 3 rings (SSSR count). The van der Waals surface area contributed by atoms with Crippen LogP contribution in [-0.4, -0.2) is 42.2 Å². The van der Waals surface area contributed by atoms with E-state index in [9.17, 15) is 18.0 Å². The Hall–Kier alpha value is -1.21. The van der Waals surface area contributed by atoms with Crippen LogP contribution >= 0.6 is 11.8 Å². The predicted molar refractivity (Wildman–Crippen MR) is 92.9 cm³/mol. The fourth-order valence-corrected chi connectivity index (χ4v) is 4.65. The van der Waals surface area contributed by atoms with Crippen molar-refractivity contribution in [2.75, 3.05) is 19.3 Å². The van der Waals surface area contributed by atoms with Crippen LogP contribution in [0.3, 0.4) is 0 Å². The molecule has 138 valence electrons. The Morgan fingerprint density at radius 1 is 1.20 bits per heavy atom. The molecule has 1 saturated heterocycles. The summed E-state index contributed by atoms with van der Waals surface area (Å²) in [6, 6.07) is 4.10. The predicted octanol–water partition coefficient (Wildman–Crippen LogP) is 4.17. The van der Waals surface area contributed by atoms with Gasteiger partial charge >= 0.3 is 6.18 Å². The van der Waals surface area contributed by atoms with Gasteiger partial charge in [-0.3, -0.25) is 9.69 Å². The van der Waals surface area contributed by atoms with Crippen molar-refractivity contribution < 1.29 is 18.0 Å². The molecule has 1 N–H and O–H groups in total. The molecule has 25 heavy (non-hydrogen) atoms. The number of hydrogen-bond acceptors (Lipinski definition) is 3. The molecule has 0 unspecified atom stereocenters. The topological polar surface area (TPSA) is 32.3 Å². The van der Waals surface area contributed by atoms with Crippen LogP contribution in [0.2, 0.25) is 0 Å². The zero-order valence-electron chi connectivity index (χ0n) is 14.2. The first-order chi connectivity index (χ1) is 11.9. The number of rotatable bonds is 4. The average Bonchev–Trinajstić information content (AvgIpc) is 3.24. The van der Waals surface area contributed by atoms with Crippen molar-refractivity contribution in [3.63, 3.8) is 0 Å². The Bertz CT molecular complexity index is 629. The van der Waals surface area contributed by atoms with E-state index in [0.29, 0.717) is 4.90 Å². The van der Waals surface area contributed by atoms with Crippen molar-refractivity contribution in [2.24, 2.45) is 0 Å². The lowest BCUT2D eigenvalue weighted by molar-refractivity contribution is -0.138. The molecule has 1 heterocycles. The van der Waals surface area contributed by atoms with E-state index >= 15 is 0 Å². The van der Waals surface area contributed by atoms with E-state index in [1.165, 1.54) is 17.8 Å². The first-order valence-corrected chi connectivity index (χ1v) is 9.93. The number of nitrogens with zero attached hydrogens (tertiary/aromatic N) is 1. The minimum atomic E-state index is -4.54. The number of alkyl halides is 3. The molecule has 0 radical (unpaired) electrons. The van der Waals surface area contributed by atoms with Crippen LogP contribution in [0.4, 0.5) is 13.2 Å². The first kappa shape index (κ1) is 18.6. The molecule has 2 atom stereocenters. The maximum absolute atomic E-state index is 13.4. The van der Waals surface area contributed by atoms with Crippen LogP contribution in [0, 0.1) is 0 Å². The van der Waals surface area contributed by atoms with Crippen molar-refractivity contribution in [1.82, 2.24) is 10.2 Å². The molecule has 2 aliphatic rings. The van der Waals surface area contributed by atoms with Crippen LogP contribution in [0.25, 0.3) is 0 Å². The van der Waals surface area contributed by atoms with Gasteiger partial charge in [0.15, 0.2) is 0 Å². The molecular formula is C18H23F3N2OS. The SMILES string of the molecule is CSc1cccc(C(F)(F)F)c1C(=O)N[C@@H]1CCC[C@@H]1N1CCCC1. The minimum Gasteiger partial charge on any atom is -0.348 e. The number of nitrogens with one attached hydrogen (secondary N) is 1. The molecule has 1 saturated carbocycles. The largest absolute Gasteiger partial charge is 0.417 e. The number of carbonyl (C=O) groups excluding carboxylic acids is 1. The van der Waals surface area contributed by atoms with Gasteiger partial charge < -0.3 is 5.32 Å². The van der Waals surface area contributed by atoms with Crippen LogP contribution in [0.5, 0.6) is 0 Å². The monoisotopic (exact) mass is 372 g/mol. The van der Waals surface area contributed by atoms with E-state index in [0.717, 1.165) is 51.3 Å². The fourth-order valence-electron chi connectivity index (χ4n) is 4.03. The maximum atomic E-state index is 13.4. The summed E-state index contributed by atoms with van der Waals surface area (Å²) in [7, 11) is 0. The van der Waals surface area contributed by atoms with Crippen molar-refractivity contribution in [2.45, 2.75) is 55.3 Å². The number of halogens is 3. The van der Waals surface area contributed by atoms with E-state index in [4.69, 9.17) is 0 Å². The first-order valence-electron chi connectivity index (χ1n) is 8.71. The minimum absolute atomic E-state index is 0.0680. The second-order valence-electron chi connectivity index (χ2n) is 6.70. The third-order valence-electron chi connectivity index (χ3n) is 5.18. The Labute approximate surface area is 150 Å².